The second kappa shape index (κ2) is 9.03. The molecule has 0 radical (unpaired) electrons. The monoisotopic (exact) mass is 446 g/mol. The number of rotatable bonds is 6. The van der Waals surface area contributed by atoms with Gasteiger partial charge in [0.05, 0.1) is 27.3 Å². The number of benzene rings is 3. The van der Waals surface area contributed by atoms with Crippen molar-refractivity contribution in [1.82, 2.24) is 9.55 Å². The molecule has 0 fully saturated rings. The Labute approximate surface area is 187 Å². The van der Waals surface area contributed by atoms with Gasteiger partial charge in [-0.3, -0.25) is 24.3 Å². The lowest BCUT2D eigenvalue weighted by molar-refractivity contribution is -0.383. The second-order valence-electron chi connectivity index (χ2n) is 7.00. The maximum atomic E-state index is 13.3. The maximum Gasteiger partial charge on any atom is 0.292 e. The first-order valence-corrected chi connectivity index (χ1v) is 10.7. The van der Waals surface area contributed by atoms with E-state index in [9.17, 15) is 19.7 Å². The van der Waals surface area contributed by atoms with Crippen molar-refractivity contribution in [3.05, 3.63) is 98.8 Å². The topological polar surface area (TPSA) is 107 Å². The van der Waals surface area contributed by atoms with E-state index in [0.29, 0.717) is 21.7 Å². The Morgan fingerprint density at radius 3 is 2.62 bits per heavy atom. The van der Waals surface area contributed by atoms with Gasteiger partial charge in [-0.1, -0.05) is 48.2 Å². The van der Waals surface area contributed by atoms with E-state index in [4.69, 9.17) is 0 Å². The summed E-state index contributed by atoms with van der Waals surface area (Å²) in [5, 5.41) is 14.6. The molecular formula is C23H18N4O4S. The number of anilines is 1. The molecule has 1 aromatic heterocycles. The van der Waals surface area contributed by atoms with Gasteiger partial charge in [0.2, 0.25) is 5.91 Å². The number of hydrogen-bond donors (Lipinski definition) is 1. The fraction of sp³-hybridized carbons (Fsp3) is 0.0870. The molecule has 0 saturated heterocycles. The van der Waals surface area contributed by atoms with E-state index in [1.807, 2.05) is 31.2 Å². The largest absolute Gasteiger partial charge is 0.320 e. The number of aryl methyl sites for hydroxylation is 1. The van der Waals surface area contributed by atoms with E-state index in [1.165, 1.54) is 22.8 Å². The van der Waals surface area contributed by atoms with E-state index < -0.39 is 10.8 Å². The number of nitrogens with zero attached hydrogens (tertiary/aromatic N) is 3. The summed E-state index contributed by atoms with van der Waals surface area (Å²) in [4.78, 5) is 41.0. The lowest BCUT2D eigenvalue weighted by Gasteiger charge is -2.13. The van der Waals surface area contributed by atoms with Crippen LogP contribution in [0.1, 0.15) is 5.56 Å². The van der Waals surface area contributed by atoms with Gasteiger partial charge in [-0.05, 0) is 42.8 Å². The molecule has 0 atom stereocenters. The average Bonchev–Trinajstić information content (AvgIpc) is 2.78. The van der Waals surface area contributed by atoms with Crippen LogP contribution in [0.5, 0.6) is 0 Å². The van der Waals surface area contributed by atoms with Gasteiger partial charge in [-0.25, -0.2) is 4.98 Å². The Kier molecular flexibility index (Phi) is 6.00. The van der Waals surface area contributed by atoms with Crippen LogP contribution >= 0.6 is 11.8 Å². The SMILES string of the molecule is Cc1cccc(-n2c(SCC(=O)Nc3ccccc3[N+](=O)[O-])nc3ccccc3c2=O)c1. The number of nitrogens with one attached hydrogen (secondary N) is 1. The molecule has 8 nitrogen and oxygen atoms in total. The molecule has 0 aliphatic heterocycles. The predicted molar refractivity (Wildman–Crippen MR) is 125 cm³/mol. The molecule has 4 aromatic rings. The number of nitro benzene ring substituents is 1. The van der Waals surface area contributed by atoms with Crippen LogP contribution < -0.4 is 10.9 Å². The highest BCUT2D eigenvalue weighted by Crippen LogP contribution is 2.25. The van der Waals surface area contributed by atoms with E-state index in [2.05, 4.69) is 10.3 Å². The summed E-state index contributed by atoms with van der Waals surface area (Å²) < 4.78 is 1.48. The number of fused-ring (bicyclic) bond motifs is 1. The van der Waals surface area contributed by atoms with Crippen molar-refractivity contribution in [1.29, 1.82) is 0 Å². The van der Waals surface area contributed by atoms with Crippen molar-refractivity contribution in [2.75, 3.05) is 11.1 Å². The molecule has 160 valence electrons. The van der Waals surface area contributed by atoms with Crippen molar-refractivity contribution in [2.24, 2.45) is 0 Å². The van der Waals surface area contributed by atoms with Crippen LogP contribution in [0.2, 0.25) is 0 Å². The van der Waals surface area contributed by atoms with Crippen LogP contribution in [0.3, 0.4) is 0 Å². The summed E-state index contributed by atoms with van der Waals surface area (Å²) in [6.45, 7) is 1.93. The molecule has 0 aliphatic carbocycles. The third-order valence-electron chi connectivity index (χ3n) is 4.71. The van der Waals surface area contributed by atoms with Crippen molar-refractivity contribution in [3.8, 4) is 5.69 Å². The molecule has 1 amide bonds. The van der Waals surface area contributed by atoms with E-state index >= 15 is 0 Å². The van der Waals surface area contributed by atoms with Crippen molar-refractivity contribution < 1.29 is 9.72 Å². The fourth-order valence-electron chi connectivity index (χ4n) is 3.26. The second-order valence-corrected chi connectivity index (χ2v) is 7.94. The van der Waals surface area contributed by atoms with Crippen LogP contribution in [0.25, 0.3) is 16.6 Å². The summed E-state index contributed by atoms with van der Waals surface area (Å²) in [6.07, 6.45) is 0. The summed E-state index contributed by atoms with van der Waals surface area (Å²) >= 11 is 1.09. The van der Waals surface area contributed by atoms with Gasteiger partial charge >= 0.3 is 0 Å². The highest BCUT2D eigenvalue weighted by Gasteiger charge is 2.17. The van der Waals surface area contributed by atoms with Crippen LogP contribution in [0.4, 0.5) is 11.4 Å². The first kappa shape index (κ1) is 21.3. The van der Waals surface area contributed by atoms with Gasteiger partial charge in [0.25, 0.3) is 11.2 Å². The van der Waals surface area contributed by atoms with E-state index in [1.54, 1.807) is 30.3 Å². The molecule has 0 unspecified atom stereocenters. The molecule has 9 heteroatoms. The number of hydrogen-bond acceptors (Lipinski definition) is 6. The molecule has 1 heterocycles. The Morgan fingerprint density at radius 1 is 1.09 bits per heavy atom. The molecule has 0 bridgehead atoms. The predicted octanol–water partition coefficient (Wildman–Crippen LogP) is 4.33. The van der Waals surface area contributed by atoms with Crippen LogP contribution in [-0.2, 0) is 4.79 Å². The number of thioether (sulfide) groups is 1. The smallest absolute Gasteiger partial charge is 0.292 e. The summed E-state index contributed by atoms with van der Waals surface area (Å²) in [5.74, 6) is -0.523. The first-order valence-electron chi connectivity index (χ1n) is 9.69. The molecule has 0 aliphatic rings. The van der Waals surface area contributed by atoms with Gasteiger partial charge < -0.3 is 5.32 Å². The van der Waals surface area contributed by atoms with Gasteiger partial charge in [-0.2, -0.15) is 0 Å². The molecular weight excluding hydrogens is 428 g/mol. The quantitative estimate of drug-likeness (QED) is 0.204. The minimum absolute atomic E-state index is 0.0807. The average molecular weight is 446 g/mol. The number of para-hydroxylation sites is 3. The van der Waals surface area contributed by atoms with Gasteiger partial charge in [0.1, 0.15) is 5.69 Å². The number of amides is 1. The third-order valence-corrected chi connectivity index (χ3v) is 5.65. The third kappa shape index (κ3) is 4.37. The normalized spacial score (nSPS) is 10.8. The van der Waals surface area contributed by atoms with Gasteiger partial charge in [0, 0.05) is 6.07 Å². The zero-order chi connectivity index (χ0) is 22.7. The first-order chi connectivity index (χ1) is 15.4. The highest BCUT2D eigenvalue weighted by molar-refractivity contribution is 7.99. The molecule has 0 spiro atoms. The number of carbonyl (C=O) groups excluding carboxylic acids is 1. The fourth-order valence-corrected chi connectivity index (χ4v) is 4.07. The molecule has 32 heavy (non-hydrogen) atoms. The van der Waals surface area contributed by atoms with Gasteiger partial charge in [0.15, 0.2) is 5.16 Å². The molecule has 4 rings (SSSR count). The Morgan fingerprint density at radius 2 is 1.84 bits per heavy atom. The van der Waals surface area contributed by atoms with E-state index in [0.717, 1.165) is 17.3 Å². The Bertz CT molecular complexity index is 1400. The molecule has 3 aromatic carbocycles. The maximum absolute atomic E-state index is 13.3. The number of nitro groups is 1. The molecule has 1 N–H and O–H groups in total. The van der Waals surface area contributed by atoms with Gasteiger partial charge in [-0.15, -0.1) is 0 Å². The summed E-state index contributed by atoms with van der Waals surface area (Å²) in [6, 6.07) is 20.4. The van der Waals surface area contributed by atoms with Crippen molar-refractivity contribution in [3.63, 3.8) is 0 Å². The van der Waals surface area contributed by atoms with Crippen LogP contribution in [-0.4, -0.2) is 26.1 Å². The number of carbonyl (C=O) groups is 1. The highest BCUT2D eigenvalue weighted by atomic mass is 32.2. The minimum atomic E-state index is -0.553. The number of aromatic nitrogens is 2. The summed E-state index contributed by atoms with van der Waals surface area (Å²) in [5.41, 5.74) is 1.85. The van der Waals surface area contributed by atoms with Crippen molar-refractivity contribution >= 4 is 39.9 Å². The zero-order valence-corrected chi connectivity index (χ0v) is 17.8. The van der Waals surface area contributed by atoms with Crippen molar-refractivity contribution in [2.45, 2.75) is 12.1 Å². The van der Waals surface area contributed by atoms with Crippen LogP contribution in [0.15, 0.2) is 82.7 Å². The zero-order valence-electron chi connectivity index (χ0n) is 17.0. The Hall–Kier alpha value is -3.98. The lowest BCUT2D eigenvalue weighted by atomic mass is 10.2. The summed E-state index contributed by atoms with van der Waals surface area (Å²) in [7, 11) is 0. The molecule has 0 saturated carbocycles. The Balaban J connectivity index is 1.67. The van der Waals surface area contributed by atoms with E-state index in [-0.39, 0.29) is 22.7 Å². The standard InChI is InChI=1S/C23H18N4O4S/c1-15-7-6-8-16(13-15)26-22(29)17-9-2-3-10-18(17)25-23(26)32-14-21(28)24-19-11-4-5-12-20(19)27(30)31/h2-13H,14H2,1H3,(H,24,28). The van der Waals surface area contributed by atoms with Crippen LogP contribution in [0, 0.1) is 17.0 Å². The lowest BCUT2D eigenvalue weighted by Crippen LogP contribution is -2.23. The minimum Gasteiger partial charge on any atom is -0.320 e.